The molecule has 0 saturated heterocycles. The Balaban J connectivity index is 3.08. The maximum atomic E-state index is 10.8. The second kappa shape index (κ2) is 3.55. The summed E-state index contributed by atoms with van der Waals surface area (Å²) in [5.74, 6) is 0.171. The fourth-order valence-electron chi connectivity index (χ4n) is 0.838. The molecule has 3 nitrogen and oxygen atoms in total. The van der Waals surface area contributed by atoms with Crippen molar-refractivity contribution in [3.8, 4) is 5.75 Å². The Morgan fingerprint density at radius 3 is 2.54 bits per heavy atom. The van der Waals surface area contributed by atoms with Gasteiger partial charge in [-0.1, -0.05) is 17.7 Å². The Kier molecular flexibility index (Phi) is 2.83. The third kappa shape index (κ3) is 3.24. The van der Waals surface area contributed by atoms with E-state index in [0.29, 0.717) is 0 Å². The molecule has 5 heteroatoms. The molecule has 0 N–H and O–H groups in total. The van der Waals surface area contributed by atoms with Crippen LogP contribution in [0.5, 0.6) is 5.75 Å². The van der Waals surface area contributed by atoms with Gasteiger partial charge in [-0.15, -0.1) is 0 Å². The van der Waals surface area contributed by atoms with Gasteiger partial charge in [0.2, 0.25) is 0 Å². The zero-order valence-electron chi connectivity index (χ0n) is 7.24. The first-order chi connectivity index (χ1) is 5.88. The molecule has 0 aliphatic heterocycles. The van der Waals surface area contributed by atoms with Gasteiger partial charge in [0.05, 0.1) is 11.3 Å². The van der Waals surface area contributed by atoms with Crippen LogP contribution in [0.3, 0.4) is 0 Å². The van der Waals surface area contributed by atoms with E-state index in [0.717, 1.165) is 11.8 Å². The molecule has 0 unspecified atom stereocenters. The number of rotatable bonds is 2. The summed E-state index contributed by atoms with van der Waals surface area (Å²) in [7, 11) is -3.50. The number of aryl methyl sites for hydroxylation is 1. The van der Waals surface area contributed by atoms with Gasteiger partial charge in [-0.3, -0.25) is 0 Å². The highest BCUT2D eigenvalue weighted by Gasteiger charge is 2.08. The highest BCUT2D eigenvalue weighted by molar-refractivity contribution is 7.86. The average molecular weight is 221 g/mol. The van der Waals surface area contributed by atoms with Crippen molar-refractivity contribution in [3.63, 3.8) is 0 Å². The lowest BCUT2D eigenvalue weighted by molar-refractivity contribution is 0.493. The van der Waals surface area contributed by atoms with Crippen LogP contribution in [0.2, 0.25) is 5.02 Å². The van der Waals surface area contributed by atoms with Crippen molar-refractivity contribution >= 4 is 21.7 Å². The normalized spacial score (nSPS) is 11.3. The van der Waals surface area contributed by atoms with Crippen LogP contribution in [0.15, 0.2) is 18.2 Å². The number of halogens is 1. The molecule has 0 atom stereocenters. The van der Waals surface area contributed by atoms with Crippen LogP contribution < -0.4 is 4.18 Å². The highest BCUT2D eigenvalue weighted by atomic mass is 35.5. The van der Waals surface area contributed by atoms with Crippen molar-refractivity contribution in [2.75, 3.05) is 6.26 Å². The third-order valence-electron chi connectivity index (χ3n) is 1.33. The van der Waals surface area contributed by atoms with E-state index in [1.54, 1.807) is 18.2 Å². The number of benzene rings is 1. The Labute approximate surface area is 82.4 Å². The van der Waals surface area contributed by atoms with Crippen molar-refractivity contribution < 1.29 is 12.6 Å². The Morgan fingerprint density at radius 1 is 1.38 bits per heavy atom. The minimum Gasteiger partial charge on any atom is -0.381 e. The van der Waals surface area contributed by atoms with E-state index < -0.39 is 10.1 Å². The van der Waals surface area contributed by atoms with Gasteiger partial charge in [0.15, 0.2) is 5.75 Å². The van der Waals surface area contributed by atoms with E-state index in [-0.39, 0.29) is 10.8 Å². The fourth-order valence-corrected chi connectivity index (χ4v) is 1.50. The molecule has 0 saturated carbocycles. The van der Waals surface area contributed by atoms with E-state index >= 15 is 0 Å². The SMILES string of the molecule is Cc1ccc(Cl)c(OS(C)(=O)=O)c1. The highest BCUT2D eigenvalue weighted by Crippen LogP contribution is 2.26. The van der Waals surface area contributed by atoms with Gasteiger partial charge in [0, 0.05) is 0 Å². The first-order valence-corrected chi connectivity index (χ1v) is 5.73. The van der Waals surface area contributed by atoms with E-state index in [1.165, 1.54) is 0 Å². The molecule has 1 rings (SSSR count). The van der Waals surface area contributed by atoms with Crippen molar-refractivity contribution in [1.29, 1.82) is 0 Å². The number of hydrogen-bond acceptors (Lipinski definition) is 3. The smallest absolute Gasteiger partial charge is 0.306 e. The van der Waals surface area contributed by atoms with Gasteiger partial charge in [-0.05, 0) is 24.6 Å². The Hall–Kier alpha value is -0.740. The topological polar surface area (TPSA) is 43.4 Å². The van der Waals surface area contributed by atoms with Gasteiger partial charge >= 0.3 is 10.1 Å². The maximum Gasteiger partial charge on any atom is 0.306 e. The zero-order valence-corrected chi connectivity index (χ0v) is 8.82. The molecule has 0 aliphatic rings. The molecular weight excluding hydrogens is 212 g/mol. The summed E-state index contributed by atoms with van der Waals surface area (Å²) >= 11 is 5.71. The lowest BCUT2D eigenvalue weighted by Crippen LogP contribution is -2.06. The average Bonchev–Trinajstić information content (AvgIpc) is 1.94. The monoisotopic (exact) mass is 220 g/mol. The van der Waals surface area contributed by atoms with Gasteiger partial charge in [0.25, 0.3) is 0 Å². The minimum absolute atomic E-state index is 0.171. The molecule has 0 heterocycles. The van der Waals surface area contributed by atoms with Crippen LogP contribution in [0.4, 0.5) is 0 Å². The predicted octanol–water partition coefficient (Wildman–Crippen LogP) is 1.99. The first-order valence-electron chi connectivity index (χ1n) is 3.54. The first kappa shape index (κ1) is 10.3. The summed E-state index contributed by atoms with van der Waals surface area (Å²) in [6.07, 6.45) is 0.978. The van der Waals surface area contributed by atoms with Crippen molar-refractivity contribution in [1.82, 2.24) is 0 Å². The molecule has 0 spiro atoms. The summed E-state index contributed by atoms with van der Waals surface area (Å²) in [4.78, 5) is 0. The van der Waals surface area contributed by atoms with Gasteiger partial charge in [-0.2, -0.15) is 8.42 Å². The summed E-state index contributed by atoms with van der Waals surface area (Å²) in [5, 5.41) is 0.288. The van der Waals surface area contributed by atoms with Crippen molar-refractivity contribution in [3.05, 3.63) is 28.8 Å². The summed E-state index contributed by atoms with van der Waals surface area (Å²) in [5.41, 5.74) is 0.892. The van der Waals surface area contributed by atoms with Crippen molar-refractivity contribution in [2.24, 2.45) is 0 Å². The standard InChI is InChI=1S/C8H9ClO3S/c1-6-3-4-7(9)8(5-6)12-13(2,10)11/h3-5H,1-2H3. The number of hydrogen-bond donors (Lipinski definition) is 0. The van der Waals surface area contributed by atoms with Gasteiger partial charge in [-0.25, -0.2) is 0 Å². The molecular formula is C8H9ClO3S. The Morgan fingerprint density at radius 2 is 2.00 bits per heavy atom. The molecule has 0 bridgehead atoms. The van der Waals surface area contributed by atoms with Gasteiger partial charge in [0.1, 0.15) is 0 Å². The van der Waals surface area contributed by atoms with Crippen LogP contribution in [0.1, 0.15) is 5.56 Å². The molecule has 13 heavy (non-hydrogen) atoms. The fraction of sp³-hybridized carbons (Fsp3) is 0.250. The molecule has 0 aromatic heterocycles. The van der Waals surface area contributed by atoms with Gasteiger partial charge < -0.3 is 4.18 Å². The molecule has 0 amide bonds. The zero-order chi connectivity index (χ0) is 10.1. The molecule has 0 radical (unpaired) electrons. The van der Waals surface area contributed by atoms with E-state index in [2.05, 4.69) is 4.18 Å². The molecule has 1 aromatic carbocycles. The second-order valence-electron chi connectivity index (χ2n) is 2.72. The third-order valence-corrected chi connectivity index (χ3v) is 2.12. The molecule has 0 aliphatic carbocycles. The van der Waals surface area contributed by atoms with E-state index in [4.69, 9.17) is 11.6 Å². The van der Waals surface area contributed by atoms with Crippen LogP contribution in [0.25, 0.3) is 0 Å². The van der Waals surface area contributed by atoms with Crippen molar-refractivity contribution in [2.45, 2.75) is 6.92 Å². The van der Waals surface area contributed by atoms with E-state index in [9.17, 15) is 8.42 Å². The summed E-state index contributed by atoms with van der Waals surface area (Å²) in [6.45, 7) is 1.82. The van der Waals surface area contributed by atoms with Crippen LogP contribution >= 0.6 is 11.6 Å². The quantitative estimate of drug-likeness (QED) is 0.716. The minimum atomic E-state index is -3.50. The van der Waals surface area contributed by atoms with Crippen LogP contribution in [0, 0.1) is 6.92 Å². The molecule has 1 aromatic rings. The summed E-state index contributed by atoms with van der Waals surface area (Å²) < 4.78 is 26.2. The molecule has 0 fully saturated rings. The lowest BCUT2D eigenvalue weighted by atomic mass is 10.2. The van der Waals surface area contributed by atoms with Crippen LogP contribution in [-0.4, -0.2) is 14.7 Å². The Bertz CT molecular complexity index is 411. The maximum absolute atomic E-state index is 10.8. The van der Waals surface area contributed by atoms with E-state index in [1.807, 2.05) is 6.92 Å². The largest absolute Gasteiger partial charge is 0.381 e. The van der Waals surface area contributed by atoms with Crippen LogP contribution in [-0.2, 0) is 10.1 Å². The second-order valence-corrected chi connectivity index (χ2v) is 4.70. The summed E-state index contributed by atoms with van der Waals surface area (Å²) in [6, 6.07) is 4.94. The lowest BCUT2D eigenvalue weighted by Gasteiger charge is -2.05. The molecule has 72 valence electrons. The predicted molar refractivity (Wildman–Crippen MR) is 51.7 cm³/mol.